The van der Waals surface area contributed by atoms with E-state index in [9.17, 15) is 0 Å². The maximum Gasteiger partial charge on any atom is 0.236 e. The van der Waals surface area contributed by atoms with E-state index in [-0.39, 0.29) is 0 Å². The highest BCUT2D eigenvalue weighted by Crippen LogP contribution is 2.34. The molecule has 0 saturated carbocycles. The molecular formula is C25H33N7O. The third-order valence-corrected chi connectivity index (χ3v) is 6.28. The highest BCUT2D eigenvalue weighted by Gasteiger charge is 2.19. The average Bonchev–Trinajstić information content (AvgIpc) is 3.14. The van der Waals surface area contributed by atoms with Crippen molar-refractivity contribution in [3.05, 3.63) is 52.8 Å². The number of hydrogen-bond acceptors (Lipinski definition) is 7. The summed E-state index contributed by atoms with van der Waals surface area (Å²) in [6.07, 6.45) is 5.46. The molecule has 1 aliphatic rings. The normalized spacial score (nSPS) is 15.2. The number of nitrogens with two attached hydrogens (primary N) is 3. The van der Waals surface area contributed by atoms with Gasteiger partial charge in [-0.1, -0.05) is 0 Å². The Labute approximate surface area is 195 Å². The lowest BCUT2D eigenvalue weighted by Gasteiger charge is -2.36. The molecule has 0 bridgehead atoms. The fourth-order valence-electron chi connectivity index (χ4n) is 4.52. The molecule has 8 heteroatoms. The number of likely N-dealkylation sites (N-methyl/N-ethyl adjacent to an activating group) is 1. The third-order valence-electron chi connectivity index (χ3n) is 6.28. The number of methoxy groups -OCH3 is 1. The van der Waals surface area contributed by atoms with Gasteiger partial charge >= 0.3 is 0 Å². The molecule has 2 aromatic heterocycles. The SMILES string of the molecule is COc1ncc(-c2c[nH]c(N)c2/C=C(\N)c2cc(C)c(N3CCN(C)CC3)c(C)c2)cc1N. The van der Waals surface area contributed by atoms with Crippen LogP contribution < -0.4 is 26.8 Å². The van der Waals surface area contributed by atoms with Gasteiger partial charge in [0.1, 0.15) is 5.82 Å². The Kier molecular flexibility index (Phi) is 6.20. The summed E-state index contributed by atoms with van der Waals surface area (Å²) < 4.78 is 5.17. The topological polar surface area (TPSA) is 122 Å². The lowest BCUT2D eigenvalue weighted by molar-refractivity contribution is 0.312. The van der Waals surface area contributed by atoms with Crippen molar-refractivity contribution < 1.29 is 4.74 Å². The summed E-state index contributed by atoms with van der Waals surface area (Å²) >= 11 is 0. The number of H-pyrrole nitrogens is 1. The minimum Gasteiger partial charge on any atom is -0.480 e. The number of piperazine rings is 1. The van der Waals surface area contributed by atoms with Crippen LogP contribution in [-0.4, -0.2) is 55.2 Å². The number of ether oxygens (including phenoxy) is 1. The lowest BCUT2D eigenvalue weighted by Crippen LogP contribution is -2.45. The molecule has 0 atom stereocenters. The molecule has 3 aromatic rings. The molecule has 3 heterocycles. The molecule has 1 saturated heterocycles. The number of aromatic amines is 1. The van der Waals surface area contributed by atoms with Crippen LogP contribution in [0.1, 0.15) is 22.3 Å². The maximum absolute atomic E-state index is 6.57. The Bertz CT molecular complexity index is 1170. The first kappa shape index (κ1) is 22.5. The van der Waals surface area contributed by atoms with E-state index in [2.05, 4.69) is 52.8 Å². The summed E-state index contributed by atoms with van der Waals surface area (Å²) in [6.45, 7) is 8.51. The molecule has 0 radical (unpaired) electrons. The lowest BCUT2D eigenvalue weighted by atomic mass is 9.98. The van der Waals surface area contributed by atoms with E-state index < -0.39 is 0 Å². The zero-order valence-corrected chi connectivity index (χ0v) is 19.8. The number of aromatic nitrogens is 2. The van der Waals surface area contributed by atoms with Gasteiger partial charge in [0.05, 0.1) is 12.8 Å². The molecule has 8 nitrogen and oxygen atoms in total. The van der Waals surface area contributed by atoms with E-state index in [1.165, 1.54) is 16.8 Å². The van der Waals surface area contributed by atoms with Crippen LogP contribution in [0.5, 0.6) is 5.88 Å². The fourth-order valence-corrected chi connectivity index (χ4v) is 4.52. The first-order valence-electron chi connectivity index (χ1n) is 11.1. The molecule has 174 valence electrons. The number of anilines is 3. The van der Waals surface area contributed by atoms with Crippen LogP contribution in [0.15, 0.2) is 30.6 Å². The Morgan fingerprint density at radius 1 is 1.09 bits per heavy atom. The number of nitrogen functional groups attached to an aromatic ring is 2. The largest absolute Gasteiger partial charge is 0.480 e. The highest BCUT2D eigenvalue weighted by atomic mass is 16.5. The van der Waals surface area contributed by atoms with Crippen LogP contribution in [0.4, 0.5) is 17.2 Å². The summed E-state index contributed by atoms with van der Waals surface area (Å²) in [4.78, 5) is 12.2. The van der Waals surface area contributed by atoms with Crippen molar-refractivity contribution >= 4 is 29.0 Å². The van der Waals surface area contributed by atoms with Crippen LogP contribution in [0.2, 0.25) is 0 Å². The van der Waals surface area contributed by atoms with Crippen LogP contribution in [0, 0.1) is 13.8 Å². The van der Waals surface area contributed by atoms with Gasteiger partial charge in [-0.25, -0.2) is 4.98 Å². The Morgan fingerprint density at radius 2 is 1.76 bits per heavy atom. The quantitative estimate of drug-likeness (QED) is 0.474. The maximum atomic E-state index is 6.57. The molecule has 0 aliphatic carbocycles. The van der Waals surface area contributed by atoms with Gasteiger partial charge in [0.25, 0.3) is 0 Å². The molecule has 4 rings (SSSR count). The van der Waals surface area contributed by atoms with E-state index in [4.69, 9.17) is 21.9 Å². The highest BCUT2D eigenvalue weighted by molar-refractivity contribution is 5.91. The molecule has 7 N–H and O–H groups in total. The molecule has 0 amide bonds. The second-order valence-corrected chi connectivity index (χ2v) is 8.70. The molecular weight excluding hydrogens is 414 g/mol. The van der Waals surface area contributed by atoms with Gasteiger partial charge in [-0.3, -0.25) is 0 Å². The van der Waals surface area contributed by atoms with Gasteiger partial charge < -0.3 is 36.7 Å². The van der Waals surface area contributed by atoms with E-state index in [0.717, 1.165) is 48.4 Å². The van der Waals surface area contributed by atoms with Crippen molar-refractivity contribution in [2.75, 3.05) is 56.7 Å². The minimum atomic E-state index is 0.394. The molecule has 1 aromatic carbocycles. The van der Waals surface area contributed by atoms with Crippen molar-refractivity contribution in [1.29, 1.82) is 0 Å². The van der Waals surface area contributed by atoms with Crippen molar-refractivity contribution in [3.63, 3.8) is 0 Å². The zero-order chi connectivity index (χ0) is 23.7. The van der Waals surface area contributed by atoms with Crippen molar-refractivity contribution in [2.24, 2.45) is 5.73 Å². The Hall–Kier alpha value is -3.65. The number of hydrogen-bond donors (Lipinski definition) is 4. The fraction of sp³-hybridized carbons (Fsp3) is 0.320. The van der Waals surface area contributed by atoms with Crippen LogP contribution in [0.3, 0.4) is 0 Å². The molecule has 0 spiro atoms. The Balaban J connectivity index is 1.67. The zero-order valence-electron chi connectivity index (χ0n) is 19.8. The number of pyridine rings is 1. The predicted molar refractivity (Wildman–Crippen MR) is 137 cm³/mol. The molecule has 1 aliphatic heterocycles. The van der Waals surface area contributed by atoms with Gasteiger partial charge in [-0.15, -0.1) is 0 Å². The van der Waals surface area contributed by atoms with Gasteiger partial charge in [0.15, 0.2) is 0 Å². The summed E-state index contributed by atoms with van der Waals surface area (Å²) in [5, 5.41) is 0. The second kappa shape index (κ2) is 9.07. The summed E-state index contributed by atoms with van der Waals surface area (Å²) in [5.74, 6) is 0.926. The number of rotatable bonds is 5. The van der Waals surface area contributed by atoms with Gasteiger partial charge in [0.2, 0.25) is 5.88 Å². The van der Waals surface area contributed by atoms with Crippen LogP contribution in [-0.2, 0) is 0 Å². The monoisotopic (exact) mass is 447 g/mol. The number of aryl methyl sites for hydroxylation is 2. The summed E-state index contributed by atoms with van der Waals surface area (Å²) in [6, 6.07) is 6.13. The van der Waals surface area contributed by atoms with E-state index >= 15 is 0 Å². The van der Waals surface area contributed by atoms with Crippen molar-refractivity contribution in [3.8, 4) is 17.0 Å². The third kappa shape index (κ3) is 4.47. The molecule has 1 fully saturated rings. The van der Waals surface area contributed by atoms with Gasteiger partial charge in [0, 0.05) is 66.6 Å². The predicted octanol–water partition coefficient (Wildman–Crippen LogP) is 3.08. The summed E-state index contributed by atoms with van der Waals surface area (Å²) in [7, 11) is 3.71. The van der Waals surface area contributed by atoms with E-state index in [1.807, 2.05) is 18.3 Å². The average molecular weight is 448 g/mol. The first-order chi connectivity index (χ1) is 15.8. The number of nitrogens with one attached hydrogen (secondary N) is 1. The van der Waals surface area contributed by atoms with Gasteiger partial charge in [-0.05, 0) is 61.9 Å². The molecule has 0 unspecified atom stereocenters. The van der Waals surface area contributed by atoms with Crippen molar-refractivity contribution in [1.82, 2.24) is 14.9 Å². The van der Waals surface area contributed by atoms with Gasteiger partial charge in [-0.2, -0.15) is 0 Å². The second-order valence-electron chi connectivity index (χ2n) is 8.70. The van der Waals surface area contributed by atoms with Crippen LogP contribution in [0.25, 0.3) is 22.9 Å². The smallest absolute Gasteiger partial charge is 0.236 e. The standard InChI is InChI=1S/C25H33N7O/c1-15-9-17(10-16(2)23(15)32-7-5-31(3)6-8-32)21(26)12-19-20(14-29-24(19)28)18-11-22(27)25(33-4)30-13-18/h9-14,29H,5-8,26-28H2,1-4H3/b21-12-. The first-order valence-corrected chi connectivity index (χ1v) is 11.1. The minimum absolute atomic E-state index is 0.394. The number of benzene rings is 1. The van der Waals surface area contributed by atoms with Crippen molar-refractivity contribution in [2.45, 2.75) is 13.8 Å². The molecule has 33 heavy (non-hydrogen) atoms. The summed E-state index contributed by atoms with van der Waals surface area (Å²) in [5.41, 5.74) is 27.2. The van der Waals surface area contributed by atoms with E-state index in [1.54, 1.807) is 13.3 Å². The Morgan fingerprint density at radius 3 is 2.36 bits per heavy atom. The number of nitrogens with zero attached hydrogens (tertiary/aromatic N) is 3. The van der Waals surface area contributed by atoms with Crippen LogP contribution >= 0.6 is 0 Å². The van der Waals surface area contributed by atoms with E-state index in [0.29, 0.717) is 23.1 Å².